The van der Waals surface area contributed by atoms with Gasteiger partial charge < -0.3 is 11.1 Å². The third kappa shape index (κ3) is 3.03. The van der Waals surface area contributed by atoms with Crippen molar-refractivity contribution in [3.63, 3.8) is 0 Å². The van der Waals surface area contributed by atoms with Gasteiger partial charge in [0.1, 0.15) is 12.1 Å². The topological polar surface area (TPSA) is 81.7 Å². The summed E-state index contributed by atoms with van der Waals surface area (Å²) >= 11 is 0. The van der Waals surface area contributed by atoms with Gasteiger partial charge in [-0.3, -0.25) is 0 Å². The van der Waals surface area contributed by atoms with Crippen LogP contribution >= 0.6 is 0 Å². The molecule has 0 aliphatic rings. The summed E-state index contributed by atoms with van der Waals surface area (Å²) in [7, 11) is 0. The van der Waals surface area contributed by atoms with Gasteiger partial charge in [0, 0.05) is 12.1 Å². The molecule has 3 aromatic rings. The molecule has 0 unspecified atom stereocenters. The maximum Gasteiger partial charge on any atom is 0.168 e. The van der Waals surface area contributed by atoms with E-state index in [1.807, 2.05) is 35.0 Å². The van der Waals surface area contributed by atoms with Crippen LogP contribution in [0.3, 0.4) is 0 Å². The molecule has 0 saturated carbocycles. The highest BCUT2D eigenvalue weighted by Gasteiger charge is 2.21. The summed E-state index contributed by atoms with van der Waals surface area (Å²) in [5, 5.41) is 8.71. The van der Waals surface area contributed by atoms with E-state index in [1.54, 1.807) is 12.5 Å². The van der Waals surface area contributed by atoms with Crippen molar-refractivity contribution in [2.45, 2.75) is 32.2 Å². The summed E-state index contributed by atoms with van der Waals surface area (Å²) in [5.41, 5.74) is 7.88. The molecule has 2 heterocycles. The van der Waals surface area contributed by atoms with Crippen LogP contribution < -0.4 is 11.1 Å². The minimum Gasteiger partial charge on any atom is -0.368 e. The zero-order valence-electron chi connectivity index (χ0n) is 13.5. The minimum atomic E-state index is -0.229. The number of benzene rings is 1. The van der Waals surface area contributed by atoms with Crippen LogP contribution in [0.15, 0.2) is 42.9 Å². The van der Waals surface area contributed by atoms with E-state index in [1.165, 1.54) is 0 Å². The average molecular weight is 310 g/mol. The van der Waals surface area contributed by atoms with Gasteiger partial charge in [-0.15, -0.1) is 0 Å². The van der Waals surface area contributed by atoms with Gasteiger partial charge in [-0.05, 0) is 25.0 Å². The van der Waals surface area contributed by atoms with Crippen LogP contribution in [-0.2, 0) is 0 Å². The molecule has 6 heteroatoms. The number of anilines is 1. The Morgan fingerprint density at radius 2 is 1.87 bits per heavy atom. The van der Waals surface area contributed by atoms with Crippen LogP contribution in [0.1, 0.15) is 26.7 Å². The van der Waals surface area contributed by atoms with Gasteiger partial charge in [-0.25, -0.2) is 14.6 Å². The lowest BCUT2D eigenvalue weighted by Gasteiger charge is -2.27. The first-order chi connectivity index (χ1) is 11.2. The Balaban J connectivity index is 1.93. The van der Waals surface area contributed by atoms with Crippen LogP contribution in [0.25, 0.3) is 16.7 Å². The van der Waals surface area contributed by atoms with Crippen LogP contribution in [-0.4, -0.2) is 31.8 Å². The summed E-state index contributed by atoms with van der Waals surface area (Å²) < 4.78 is 1.82. The second-order valence-corrected chi connectivity index (χ2v) is 5.77. The van der Waals surface area contributed by atoms with Gasteiger partial charge in [-0.1, -0.05) is 32.0 Å². The summed E-state index contributed by atoms with van der Waals surface area (Å²) in [6.07, 6.45) is 5.17. The largest absolute Gasteiger partial charge is 0.368 e. The molecule has 0 aliphatic heterocycles. The minimum absolute atomic E-state index is 0.229. The molecule has 3 N–H and O–H groups in total. The van der Waals surface area contributed by atoms with Gasteiger partial charge in [0.25, 0.3) is 0 Å². The molecule has 0 radical (unpaired) electrons. The second-order valence-electron chi connectivity index (χ2n) is 5.77. The van der Waals surface area contributed by atoms with E-state index < -0.39 is 0 Å². The van der Waals surface area contributed by atoms with Crippen molar-refractivity contribution in [2.24, 2.45) is 5.73 Å². The van der Waals surface area contributed by atoms with E-state index in [9.17, 15) is 0 Å². The fraction of sp³-hybridized carbons (Fsp3) is 0.353. The fourth-order valence-corrected chi connectivity index (χ4v) is 2.50. The Kier molecular flexibility index (Phi) is 4.25. The van der Waals surface area contributed by atoms with Crippen LogP contribution in [0, 0.1) is 0 Å². The number of rotatable bonds is 6. The Morgan fingerprint density at radius 1 is 1.13 bits per heavy atom. The lowest BCUT2D eigenvalue weighted by molar-refractivity contribution is 0.418. The zero-order chi connectivity index (χ0) is 16.3. The third-order valence-corrected chi connectivity index (χ3v) is 4.38. The molecular formula is C17H22N6. The van der Waals surface area contributed by atoms with Crippen molar-refractivity contribution in [1.82, 2.24) is 19.7 Å². The maximum absolute atomic E-state index is 6.36. The zero-order valence-corrected chi connectivity index (χ0v) is 13.5. The highest BCUT2D eigenvalue weighted by Crippen LogP contribution is 2.22. The molecule has 0 aliphatic carbocycles. The van der Waals surface area contributed by atoms with Gasteiger partial charge >= 0.3 is 0 Å². The number of nitrogens with two attached hydrogens (primary N) is 1. The molecule has 23 heavy (non-hydrogen) atoms. The van der Waals surface area contributed by atoms with Crippen LogP contribution in [0.5, 0.6) is 0 Å². The molecule has 0 amide bonds. The van der Waals surface area contributed by atoms with E-state index in [0.717, 1.165) is 35.4 Å². The third-order valence-electron chi connectivity index (χ3n) is 4.38. The Labute approximate surface area is 135 Å². The first-order valence-corrected chi connectivity index (χ1v) is 7.94. The second kappa shape index (κ2) is 6.34. The quantitative estimate of drug-likeness (QED) is 0.731. The van der Waals surface area contributed by atoms with Crippen molar-refractivity contribution in [2.75, 3.05) is 11.9 Å². The van der Waals surface area contributed by atoms with Gasteiger partial charge in [0.05, 0.1) is 17.3 Å². The van der Waals surface area contributed by atoms with E-state index >= 15 is 0 Å². The lowest BCUT2D eigenvalue weighted by Crippen LogP contribution is -2.45. The average Bonchev–Trinajstić information content (AvgIpc) is 3.05. The summed E-state index contributed by atoms with van der Waals surface area (Å²) in [4.78, 5) is 8.74. The monoisotopic (exact) mass is 310 g/mol. The number of hydrogen-bond acceptors (Lipinski definition) is 5. The van der Waals surface area contributed by atoms with Crippen molar-refractivity contribution in [3.8, 4) is 5.69 Å². The molecule has 120 valence electrons. The van der Waals surface area contributed by atoms with Crippen LogP contribution in [0.4, 0.5) is 5.82 Å². The Morgan fingerprint density at radius 3 is 2.57 bits per heavy atom. The SMILES string of the molecule is CCC(N)(CC)CNc1ncnc2c1cnn2-c1ccccc1. The van der Waals surface area contributed by atoms with Crippen molar-refractivity contribution in [1.29, 1.82) is 0 Å². The molecule has 2 aromatic heterocycles. The summed E-state index contributed by atoms with van der Waals surface area (Å²) in [5.74, 6) is 0.772. The predicted octanol–water partition coefficient (Wildman–Crippen LogP) is 2.74. The standard InChI is InChI=1S/C17H22N6/c1-3-17(18,4-2)11-19-15-14-10-22-23(16(14)21-12-20-15)13-8-6-5-7-9-13/h5-10,12H,3-4,11,18H2,1-2H3,(H,19,20,21). The molecule has 0 bridgehead atoms. The lowest BCUT2D eigenvalue weighted by atomic mass is 9.94. The van der Waals surface area contributed by atoms with E-state index in [0.29, 0.717) is 6.54 Å². The summed E-state index contributed by atoms with van der Waals surface area (Å²) in [6.45, 7) is 4.88. The van der Waals surface area contributed by atoms with Crippen molar-refractivity contribution < 1.29 is 0 Å². The Bertz CT molecular complexity index is 776. The van der Waals surface area contributed by atoms with E-state index in [-0.39, 0.29) is 5.54 Å². The highest BCUT2D eigenvalue weighted by molar-refractivity contribution is 5.87. The first-order valence-electron chi connectivity index (χ1n) is 7.94. The maximum atomic E-state index is 6.36. The molecular weight excluding hydrogens is 288 g/mol. The van der Waals surface area contributed by atoms with Gasteiger partial charge in [-0.2, -0.15) is 5.10 Å². The number of para-hydroxylation sites is 1. The van der Waals surface area contributed by atoms with Gasteiger partial charge in [0.2, 0.25) is 0 Å². The van der Waals surface area contributed by atoms with E-state index in [4.69, 9.17) is 5.73 Å². The fourth-order valence-electron chi connectivity index (χ4n) is 2.50. The molecule has 0 fully saturated rings. The first kappa shape index (κ1) is 15.4. The Hall–Kier alpha value is -2.47. The molecule has 6 nitrogen and oxygen atoms in total. The van der Waals surface area contributed by atoms with Gasteiger partial charge in [0.15, 0.2) is 5.65 Å². The number of hydrogen-bond donors (Lipinski definition) is 2. The molecule has 0 spiro atoms. The van der Waals surface area contributed by atoms with Crippen molar-refractivity contribution in [3.05, 3.63) is 42.9 Å². The normalized spacial score (nSPS) is 11.8. The molecule has 0 atom stereocenters. The number of aromatic nitrogens is 4. The molecule has 0 saturated heterocycles. The summed E-state index contributed by atoms with van der Waals surface area (Å²) in [6, 6.07) is 9.94. The van der Waals surface area contributed by atoms with E-state index in [2.05, 4.69) is 34.2 Å². The predicted molar refractivity (Wildman–Crippen MR) is 92.7 cm³/mol. The van der Waals surface area contributed by atoms with Crippen LogP contribution in [0.2, 0.25) is 0 Å². The molecule has 1 aromatic carbocycles. The number of nitrogens with one attached hydrogen (secondary N) is 1. The smallest absolute Gasteiger partial charge is 0.168 e. The highest BCUT2D eigenvalue weighted by atomic mass is 15.3. The molecule has 3 rings (SSSR count). The number of fused-ring (bicyclic) bond motifs is 1. The number of nitrogens with zero attached hydrogens (tertiary/aromatic N) is 4. The van der Waals surface area contributed by atoms with Crippen molar-refractivity contribution >= 4 is 16.9 Å².